The van der Waals surface area contributed by atoms with Crippen LogP contribution in [0.4, 0.5) is 0 Å². The fourth-order valence-electron chi connectivity index (χ4n) is 2.59. The summed E-state index contributed by atoms with van der Waals surface area (Å²) in [6, 6.07) is 10.9. The van der Waals surface area contributed by atoms with Gasteiger partial charge in [0.05, 0.1) is 6.61 Å². The van der Waals surface area contributed by atoms with Crippen LogP contribution in [0.25, 0.3) is 10.8 Å². The van der Waals surface area contributed by atoms with E-state index in [0.29, 0.717) is 17.9 Å². The minimum Gasteiger partial charge on any atom is -0.506 e. The molecule has 2 aromatic carbocycles. The van der Waals surface area contributed by atoms with Crippen molar-refractivity contribution < 1.29 is 14.6 Å². The van der Waals surface area contributed by atoms with E-state index in [0.717, 1.165) is 31.1 Å². The zero-order chi connectivity index (χ0) is 15.9. The average molecular weight is 300 g/mol. The summed E-state index contributed by atoms with van der Waals surface area (Å²) in [6.07, 6.45) is 4.37. The highest BCUT2D eigenvalue weighted by atomic mass is 16.5. The zero-order valence-corrected chi connectivity index (χ0v) is 13.3. The quantitative estimate of drug-likeness (QED) is 0.738. The topological polar surface area (TPSA) is 46.5 Å². The highest BCUT2D eigenvalue weighted by Gasteiger charge is 2.16. The lowest BCUT2D eigenvalue weighted by molar-refractivity contribution is 0.0425. The number of carbonyl (C=O) groups is 1. The molecule has 22 heavy (non-hydrogen) atoms. The van der Waals surface area contributed by atoms with Crippen LogP contribution < -0.4 is 0 Å². The molecule has 2 rings (SSSR count). The van der Waals surface area contributed by atoms with E-state index in [1.807, 2.05) is 24.3 Å². The van der Waals surface area contributed by atoms with Crippen LogP contribution in [-0.2, 0) is 4.74 Å². The molecule has 1 N–H and O–H groups in total. The monoisotopic (exact) mass is 300 g/mol. The molecule has 1 atom stereocenters. The molecule has 0 fully saturated rings. The number of phenolic OH excluding ortho intramolecular Hbond substituents is 1. The van der Waals surface area contributed by atoms with Gasteiger partial charge in [0.15, 0.2) is 0 Å². The average Bonchev–Trinajstić information content (AvgIpc) is 2.55. The summed E-state index contributed by atoms with van der Waals surface area (Å²) in [7, 11) is 0. The van der Waals surface area contributed by atoms with Crippen molar-refractivity contribution in [3.05, 3.63) is 42.0 Å². The van der Waals surface area contributed by atoms with Gasteiger partial charge in [-0.15, -0.1) is 0 Å². The third kappa shape index (κ3) is 3.79. The summed E-state index contributed by atoms with van der Waals surface area (Å²) < 4.78 is 5.41. The molecule has 3 heteroatoms. The molecule has 1 unspecified atom stereocenters. The van der Waals surface area contributed by atoms with Crippen LogP contribution in [0, 0.1) is 5.92 Å². The lowest BCUT2D eigenvalue weighted by Gasteiger charge is -2.15. The van der Waals surface area contributed by atoms with E-state index in [4.69, 9.17) is 4.74 Å². The van der Waals surface area contributed by atoms with Crippen molar-refractivity contribution in [1.82, 2.24) is 0 Å². The predicted octanol–water partition coefficient (Wildman–Crippen LogP) is 4.92. The molecule has 0 aromatic heterocycles. The number of unbranched alkanes of at least 4 members (excludes halogenated alkanes) is 1. The standard InChI is InChI=1S/C19H24O3/c1-3-5-8-14(4-2)13-22-19(21)17-12-11-15-9-6-7-10-16(15)18(17)20/h6-7,9-12,14,20H,3-5,8,13H2,1-2H3. The molecular formula is C19H24O3. The van der Waals surface area contributed by atoms with Gasteiger partial charge in [-0.2, -0.15) is 0 Å². The largest absolute Gasteiger partial charge is 0.506 e. The molecule has 0 heterocycles. The Kier molecular flexibility index (Phi) is 5.82. The van der Waals surface area contributed by atoms with E-state index in [2.05, 4.69) is 13.8 Å². The molecule has 0 aliphatic carbocycles. The minimum absolute atomic E-state index is 0.00436. The van der Waals surface area contributed by atoms with Gasteiger partial charge in [-0.1, -0.05) is 63.4 Å². The van der Waals surface area contributed by atoms with Crippen LogP contribution in [0.15, 0.2) is 36.4 Å². The predicted molar refractivity (Wildman–Crippen MR) is 89.2 cm³/mol. The van der Waals surface area contributed by atoms with Gasteiger partial charge in [0.2, 0.25) is 0 Å². The van der Waals surface area contributed by atoms with Crippen LogP contribution in [-0.4, -0.2) is 17.7 Å². The lowest BCUT2D eigenvalue weighted by Crippen LogP contribution is -2.14. The van der Waals surface area contributed by atoms with E-state index in [9.17, 15) is 9.90 Å². The van der Waals surface area contributed by atoms with E-state index >= 15 is 0 Å². The van der Waals surface area contributed by atoms with Gasteiger partial charge in [0.25, 0.3) is 0 Å². The number of ether oxygens (including phenoxy) is 1. The van der Waals surface area contributed by atoms with Gasteiger partial charge in [-0.3, -0.25) is 0 Å². The first-order valence-corrected chi connectivity index (χ1v) is 8.05. The summed E-state index contributed by atoms with van der Waals surface area (Å²) in [5, 5.41) is 11.9. The first kappa shape index (κ1) is 16.3. The Balaban J connectivity index is 2.08. The van der Waals surface area contributed by atoms with Crippen LogP contribution >= 0.6 is 0 Å². The van der Waals surface area contributed by atoms with Crippen molar-refractivity contribution in [2.45, 2.75) is 39.5 Å². The van der Waals surface area contributed by atoms with E-state index in [-0.39, 0.29) is 11.3 Å². The number of esters is 1. The van der Waals surface area contributed by atoms with Crippen molar-refractivity contribution in [2.24, 2.45) is 5.92 Å². The molecule has 0 radical (unpaired) electrons. The van der Waals surface area contributed by atoms with Gasteiger partial charge < -0.3 is 9.84 Å². The second kappa shape index (κ2) is 7.83. The Morgan fingerprint density at radius 2 is 1.95 bits per heavy atom. The number of phenols is 1. The molecule has 118 valence electrons. The van der Waals surface area contributed by atoms with Gasteiger partial charge in [0.1, 0.15) is 11.3 Å². The van der Waals surface area contributed by atoms with E-state index in [1.165, 1.54) is 0 Å². The van der Waals surface area contributed by atoms with Gasteiger partial charge in [-0.05, 0) is 23.8 Å². The summed E-state index contributed by atoms with van der Waals surface area (Å²) in [5.41, 5.74) is 0.240. The smallest absolute Gasteiger partial charge is 0.341 e. The van der Waals surface area contributed by atoms with Crippen molar-refractivity contribution in [1.29, 1.82) is 0 Å². The van der Waals surface area contributed by atoms with Crippen molar-refractivity contribution in [3.63, 3.8) is 0 Å². The van der Waals surface area contributed by atoms with E-state index < -0.39 is 5.97 Å². The highest BCUT2D eigenvalue weighted by molar-refractivity contribution is 6.01. The SMILES string of the molecule is CCCCC(CC)COC(=O)c1ccc2ccccc2c1O. The number of benzene rings is 2. The molecule has 0 spiro atoms. The second-order valence-corrected chi connectivity index (χ2v) is 5.70. The third-order valence-electron chi connectivity index (χ3n) is 4.11. The fourth-order valence-corrected chi connectivity index (χ4v) is 2.59. The Morgan fingerprint density at radius 1 is 1.18 bits per heavy atom. The second-order valence-electron chi connectivity index (χ2n) is 5.70. The Labute approximate surface area is 131 Å². The maximum absolute atomic E-state index is 12.2. The molecule has 2 aromatic rings. The molecule has 3 nitrogen and oxygen atoms in total. The summed E-state index contributed by atoms with van der Waals surface area (Å²) in [6.45, 7) is 4.69. The van der Waals surface area contributed by atoms with Crippen molar-refractivity contribution in [3.8, 4) is 5.75 Å². The van der Waals surface area contributed by atoms with Crippen molar-refractivity contribution in [2.75, 3.05) is 6.61 Å². The number of fused-ring (bicyclic) bond motifs is 1. The van der Waals surface area contributed by atoms with Gasteiger partial charge >= 0.3 is 5.97 Å². The lowest BCUT2D eigenvalue weighted by atomic mass is 10.0. The maximum Gasteiger partial charge on any atom is 0.341 e. The number of hydrogen-bond donors (Lipinski definition) is 1. The molecule has 0 bridgehead atoms. The minimum atomic E-state index is -0.446. The van der Waals surface area contributed by atoms with Crippen molar-refractivity contribution >= 4 is 16.7 Å². The fraction of sp³-hybridized carbons (Fsp3) is 0.421. The zero-order valence-electron chi connectivity index (χ0n) is 13.3. The van der Waals surface area contributed by atoms with Gasteiger partial charge in [0, 0.05) is 5.39 Å². The Morgan fingerprint density at radius 3 is 2.68 bits per heavy atom. The van der Waals surface area contributed by atoms with Crippen LogP contribution in [0.2, 0.25) is 0 Å². The normalized spacial score (nSPS) is 12.3. The van der Waals surface area contributed by atoms with Crippen LogP contribution in [0.3, 0.4) is 0 Å². The number of carbonyl (C=O) groups excluding carboxylic acids is 1. The summed E-state index contributed by atoms with van der Waals surface area (Å²) in [4.78, 5) is 12.2. The molecule has 0 aliphatic rings. The molecular weight excluding hydrogens is 276 g/mol. The van der Waals surface area contributed by atoms with E-state index in [1.54, 1.807) is 12.1 Å². The van der Waals surface area contributed by atoms with Gasteiger partial charge in [-0.25, -0.2) is 4.79 Å². The number of hydrogen-bond acceptors (Lipinski definition) is 3. The first-order valence-electron chi connectivity index (χ1n) is 8.05. The highest BCUT2D eigenvalue weighted by Crippen LogP contribution is 2.29. The van der Waals surface area contributed by atoms with Crippen LogP contribution in [0.5, 0.6) is 5.75 Å². The van der Waals surface area contributed by atoms with Crippen LogP contribution in [0.1, 0.15) is 49.9 Å². The molecule has 0 amide bonds. The Hall–Kier alpha value is -2.03. The number of rotatable bonds is 7. The maximum atomic E-state index is 12.2. The first-order chi connectivity index (χ1) is 10.7. The summed E-state index contributed by atoms with van der Waals surface area (Å²) >= 11 is 0. The number of aromatic hydroxyl groups is 1. The molecule has 0 saturated carbocycles. The molecule has 0 saturated heterocycles. The molecule has 0 aliphatic heterocycles. The third-order valence-corrected chi connectivity index (χ3v) is 4.11. The summed E-state index contributed by atoms with van der Waals surface area (Å²) in [5.74, 6) is -0.0468. The Bertz CT molecular complexity index is 634.